The van der Waals surface area contributed by atoms with Crippen LogP contribution in [-0.4, -0.2) is 33.5 Å². The minimum atomic E-state index is -0.813. The summed E-state index contributed by atoms with van der Waals surface area (Å²) in [5, 5.41) is 8.74. The van der Waals surface area contributed by atoms with Crippen molar-refractivity contribution in [1.29, 1.82) is 0 Å². The number of imidazole rings is 1. The first kappa shape index (κ1) is 15.2. The maximum absolute atomic E-state index is 11.4. The van der Waals surface area contributed by atoms with Gasteiger partial charge in [0.15, 0.2) is 5.78 Å². The van der Waals surface area contributed by atoms with Gasteiger partial charge in [0.2, 0.25) is 0 Å². The first-order valence-electron chi connectivity index (χ1n) is 6.73. The highest BCUT2D eigenvalue weighted by atomic mass is 16.5. The third kappa shape index (κ3) is 3.46. The first-order valence-corrected chi connectivity index (χ1v) is 6.73. The average Bonchev–Trinajstić information content (AvgIpc) is 2.76. The van der Waals surface area contributed by atoms with E-state index in [0.717, 1.165) is 16.9 Å². The van der Waals surface area contributed by atoms with Gasteiger partial charge in [-0.1, -0.05) is 0 Å². The van der Waals surface area contributed by atoms with Gasteiger partial charge in [-0.05, 0) is 31.5 Å². The summed E-state index contributed by atoms with van der Waals surface area (Å²) in [6.45, 7) is 2.42. The Balaban J connectivity index is 2.37. The van der Waals surface area contributed by atoms with Crippen LogP contribution in [0.3, 0.4) is 0 Å². The average molecular weight is 290 g/mol. The Morgan fingerprint density at radius 2 is 2.14 bits per heavy atom. The summed E-state index contributed by atoms with van der Waals surface area (Å²) < 4.78 is 7.09. The summed E-state index contributed by atoms with van der Waals surface area (Å²) >= 11 is 0. The minimum absolute atomic E-state index is 0.00869. The number of rotatable bonds is 7. The lowest BCUT2D eigenvalue weighted by molar-refractivity contribution is -0.137. The van der Waals surface area contributed by atoms with Crippen molar-refractivity contribution in [2.24, 2.45) is 0 Å². The second kappa shape index (κ2) is 6.49. The summed E-state index contributed by atoms with van der Waals surface area (Å²) in [6, 6.07) is 5.36. The molecule has 0 aliphatic rings. The van der Waals surface area contributed by atoms with E-state index in [4.69, 9.17) is 9.84 Å². The molecule has 0 saturated heterocycles. The smallest absolute Gasteiger partial charge is 0.303 e. The molecule has 0 fully saturated rings. The van der Waals surface area contributed by atoms with Gasteiger partial charge in [-0.25, -0.2) is 4.98 Å². The fraction of sp³-hybridized carbons (Fsp3) is 0.400. The van der Waals surface area contributed by atoms with E-state index in [0.29, 0.717) is 25.1 Å². The van der Waals surface area contributed by atoms with E-state index in [2.05, 4.69) is 4.98 Å². The van der Waals surface area contributed by atoms with Crippen LogP contribution >= 0.6 is 0 Å². The lowest BCUT2D eigenvalue weighted by Crippen LogP contribution is -2.07. The van der Waals surface area contributed by atoms with Crippen molar-refractivity contribution >= 4 is 22.8 Å². The summed E-state index contributed by atoms with van der Waals surface area (Å²) in [5.41, 5.74) is 2.23. The highest BCUT2D eigenvalue weighted by Crippen LogP contribution is 2.20. The molecule has 1 heterocycles. The van der Waals surface area contributed by atoms with Gasteiger partial charge in [0.05, 0.1) is 11.0 Å². The number of aliphatic carboxylic acids is 1. The van der Waals surface area contributed by atoms with Gasteiger partial charge in [0.1, 0.15) is 12.4 Å². The predicted molar refractivity (Wildman–Crippen MR) is 77.3 cm³/mol. The molecule has 21 heavy (non-hydrogen) atoms. The van der Waals surface area contributed by atoms with E-state index < -0.39 is 5.97 Å². The number of hydrogen-bond donors (Lipinski definition) is 1. The van der Waals surface area contributed by atoms with Crippen LogP contribution in [-0.2, 0) is 22.7 Å². The standard InChI is InChI=1S/C15H18N2O4/c1-10(18)11-5-6-13-12(8-11)16-14(9-21-2)17(13)7-3-4-15(19)20/h5-6,8H,3-4,7,9H2,1-2H3,(H,19,20). The second-order valence-corrected chi connectivity index (χ2v) is 4.87. The van der Waals surface area contributed by atoms with Crippen LogP contribution < -0.4 is 0 Å². The number of benzene rings is 1. The third-order valence-corrected chi connectivity index (χ3v) is 3.28. The van der Waals surface area contributed by atoms with E-state index in [-0.39, 0.29) is 12.2 Å². The number of ether oxygens (including phenoxy) is 1. The number of aryl methyl sites for hydroxylation is 1. The molecule has 112 valence electrons. The van der Waals surface area contributed by atoms with Crippen LogP contribution in [0.5, 0.6) is 0 Å². The van der Waals surface area contributed by atoms with Crippen LogP contribution in [0.15, 0.2) is 18.2 Å². The number of methoxy groups -OCH3 is 1. The fourth-order valence-corrected chi connectivity index (χ4v) is 2.28. The molecule has 0 saturated carbocycles. The van der Waals surface area contributed by atoms with E-state index >= 15 is 0 Å². The Bertz CT molecular complexity index is 676. The van der Waals surface area contributed by atoms with Gasteiger partial charge in [-0.3, -0.25) is 9.59 Å². The van der Waals surface area contributed by atoms with Crippen LogP contribution in [0.2, 0.25) is 0 Å². The molecular formula is C15H18N2O4. The number of carboxylic acids is 1. The lowest BCUT2D eigenvalue weighted by Gasteiger charge is -2.07. The van der Waals surface area contributed by atoms with Crippen molar-refractivity contribution in [3.8, 4) is 0 Å². The SMILES string of the molecule is COCc1nc2cc(C(C)=O)ccc2n1CCCC(=O)O. The maximum atomic E-state index is 11.4. The van der Waals surface area contributed by atoms with E-state index in [1.807, 2.05) is 10.6 Å². The molecule has 6 nitrogen and oxygen atoms in total. The molecule has 0 atom stereocenters. The summed E-state index contributed by atoms with van der Waals surface area (Å²) in [6.07, 6.45) is 0.629. The Kier molecular flexibility index (Phi) is 4.70. The van der Waals surface area contributed by atoms with Gasteiger partial charge in [-0.2, -0.15) is 0 Å². The number of carbonyl (C=O) groups excluding carboxylic acids is 1. The Morgan fingerprint density at radius 1 is 1.38 bits per heavy atom. The van der Waals surface area contributed by atoms with Crippen molar-refractivity contribution in [2.75, 3.05) is 7.11 Å². The highest BCUT2D eigenvalue weighted by Gasteiger charge is 2.12. The maximum Gasteiger partial charge on any atom is 0.303 e. The van der Waals surface area contributed by atoms with Gasteiger partial charge < -0.3 is 14.4 Å². The zero-order valence-electron chi connectivity index (χ0n) is 12.1. The van der Waals surface area contributed by atoms with E-state index in [1.165, 1.54) is 6.92 Å². The number of ketones is 1. The molecule has 0 aliphatic carbocycles. The van der Waals surface area contributed by atoms with Gasteiger partial charge in [-0.15, -0.1) is 0 Å². The zero-order chi connectivity index (χ0) is 15.4. The van der Waals surface area contributed by atoms with Crippen LogP contribution in [0.1, 0.15) is 35.9 Å². The second-order valence-electron chi connectivity index (χ2n) is 4.87. The molecule has 0 bridgehead atoms. The van der Waals surface area contributed by atoms with Gasteiger partial charge in [0.25, 0.3) is 0 Å². The zero-order valence-corrected chi connectivity index (χ0v) is 12.1. The van der Waals surface area contributed by atoms with Crippen LogP contribution in [0.4, 0.5) is 0 Å². The number of nitrogens with zero attached hydrogens (tertiary/aromatic N) is 2. The summed E-state index contributed by atoms with van der Waals surface area (Å²) in [4.78, 5) is 26.5. The monoisotopic (exact) mass is 290 g/mol. The van der Waals surface area contributed by atoms with Gasteiger partial charge in [0, 0.05) is 25.6 Å². The largest absolute Gasteiger partial charge is 0.481 e. The molecule has 1 aromatic heterocycles. The fourth-order valence-electron chi connectivity index (χ4n) is 2.28. The molecular weight excluding hydrogens is 272 g/mol. The first-order chi connectivity index (χ1) is 10.0. The molecule has 2 aromatic rings. The normalized spacial score (nSPS) is 11.0. The number of carboxylic acid groups (broad SMARTS) is 1. The molecule has 0 amide bonds. The molecule has 1 N–H and O–H groups in total. The molecule has 0 aliphatic heterocycles. The van der Waals surface area contributed by atoms with Crippen molar-refractivity contribution in [2.45, 2.75) is 32.9 Å². The Morgan fingerprint density at radius 3 is 2.76 bits per heavy atom. The highest BCUT2D eigenvalue weighted by molar-refractivity contribution is 5.97. The Hall–Kier alpha value is -2.21. The van der Waals surface area contributed by atoms with Gasteiger partial charge >= 0.3 is 5.97 Å². The van der Waals surface area contributed by atoms with Crippen molar-refractivity contribution in [1.82, 2.24) is 9.55 Å². The Labute approximate surface area is 122 Å². The third-order valence-electron chi connectivity index (χ3n) is 3.28. The number of fused-ring (bicyclic) bond motifs is 1. The lowest BCUT2D eigenvalue weighted by atomic mass is 10.1. The van der Waals surface area contributed by atoms with E-state index in [9.17, 15) is 9.59 Å². The number of Topliss-reactive ketones (excluding diaryl/α,β-unsaturated/α-hetero) is 1. The molecule has 0 spiro atoms. The minimum Gasteiger partial charge on any atom is -0.481 e. The topological polar surface area (TPSA) is 81.4 Å². The molecule has 2 rings (SSSR count). The molecule has 0 radical (unpaired) electrons. The summed E-state index contributed by atoms with van der Waals surface area (Å²) in [5.74, 6) is -0.0872. The summed E-state index contributed by atoms with van der Waals surface area (Å²) in [7, 11) is 1.59. The number of hydrogen-bond acceptors (Lipinski definition) is 4. The van der Waals surface area contributed by atoms with Crippen molar-refractivity contribution in [3.05, 3.63) is 29.6 Å². The van der Waals surface area contributed by atoms with Crippen molar-refractivity contribution in [3.63, 3.8) is 0 Å². The molecule has 6 heteroatoms. The number of aromatic nitrogens is 2. The van der Waals surface area contributed by atoms with Crippen LogP contribution in [0.25, 0.3) is 11.0 Å². The quantitative estimate of drug-likeness (QED) is 0.791. The van der Waals surface area contributed by atoms with Crippen molar-refractivity contribution < 1.29 is 19.4 Å². The number of carbonyl (C=O) groups is 2. The van der Waals surface area contributed by atoms with Crippen LogP contribution in [0, 0.1) is 0 Å². The molecule has 0 unspecified atom stereocenters. The predicted octanol–water partition coefficient (Wildman–Crippen LogP) is 2.25. The molecule has 1 aromatic carbocycles. The van der Waals surface area contributed by atoms with E-state index in [1.54, 1.807) is 19.2 Å².